The number of primary amides is 1. The largest absolute Gasteiger partial charge is 0.492 e. The van der Waals surface area contributed by atoms with E-state index in [1.807, 2.05) is 36.2 Å². The van der Waals surface area contributed by atoms with Crippen molar-refractivity contribution in [2.24, 2.45) is 5.73 Å². The monoisotopic (exact) mass is 286 g/mol. The van der Waals surface area contributed by atoms with Crippen LogP contribution in [-0.4, -0.2) is 37.6 Å². The Labute approximate surface area is 103 Å². The second-order valence-corrected chi connectivity index (χ2v) is 4.42. The fourth-order valence-electron chi connectivity index (χ4n) is 1.20. The summed E-state index contributed by atoms with van der Waals surface area (Å²) in [6.45, 7) is 1.45. The third-order valence-electron chi connectivity index (χ3n) is 1.98. The summed E-state index contributed by atoms with van der Waals surface area (Å²) >= 11 is 3.35. The summed E-state index contributed by atoms with van der Waals surface area (Å²) in [5.41, 5.74) is 5.07. The van der Waals surface area contributed by atoms with Gasteiger partial charge in [-0.25, -0.2) is 0 Å². The normalized spacial score (nSPS) is 10.4. The summed E-state index contributed by atoms with van der Waals surface area (Å²) in [6.07, 6.45) is 0. The molecule has 0 spiro atoms. The van der Waals surface area contributed by atoms with Crippen LogP contribution in [0.15, 0.2) is 28.7 Å². The number of carbonyl (C=O) groups excluding carboxylic acids is 1. The highest BCUT2D eigenvalue weighted by Crippen LogP contribution is 2.15. The first kappa shape index (κ1) is 13.0. The van der Waals surface area contributed by atoms with Gasteiger partial charge in [0.2, 0.25) is 5.91 Å². The summed E-state index contributed by atoms with van der Waals surface area (Å²) in [4.78, 5) is 12.4. The first-order valence-corrected chi connectivity index (χ1v) is 5.72. The molecule has 0 aromatic heterocycles. The van der Waals surface area contributed by atoms with Gasteiger partial charge >= 0.3 is 0 Å². The van der Waals surface area contributed by atoms with Crippen molar-refractivity contribution in [3.63, 3.8) is 0 Å². The number of likely N-dealkylation sites (N-methyl/N-ethyl adjacent to an activating group) is 1. The van der Waals surface area contributed by atoms with Crippen LogP contribution in [0.2, 0.25) is 0 Å². The molecular weight excluding hydrogens is 272 g/mol. The third-order valence-corrected chi connectivity index (χ3v) is 2.51. The van der Waals surface area contributed by atoms with E-state index in [1.165, 1.54) is 0 Å². The minimum Gasteiger partial charge on any atom is -0.492 e. The van der Waals surface area contributed by atoms with Crippen molar-refractivity contribution >= 4 is 21.8 Å². The summed E-state index contributed by atoms with van der Waals surface area (Å²) in [5, 5.41) is 0. The van der Waals surface area contributed by atoms with Gasteiger partial charge in [-0.15, -0.1) is 0 Å². The second-order valence-electron chi connectivity index (χ2n) is 3.51. The molecule has 0 bridgehead atoms. The predicted molar refractivity (Wildman–Crippen MR) is 66.3 cm³/mol. The first-order valence-electron chi connectivity index (χ1n) is 4.93. The van der Waals surface area contributed by atoms with Gasteiger partial charge in [-0.2, -0.15) is 0 Å². The van der Waals surface area contributed by atoms with E-state index in [0.717, 1.165) is 10.2 Å². The van der Waals surface area contributed by atoms with Crippen molar-refractivity contribution < 1.29 is 9.53 Å². The predicted octanol–water partition coefficient (Wildman–Crippen LogP) is 1.24. The lowest BCUT2D eigenvalue weighted by Gasteiger charge is -2.14. The lowest BCUT2D eigenvalue weighted by Crippen LogP contribution is -2.33. The van der Waals surface area contributed by atoms with E-state index in [2.05, 4.69) is 15.9 Å². The molecule has 0 saturated heterocycles. The van der Waals surface area contributed by atoms with Crippen LogP contribution in [0.3, 0.4) is 0 Å². The van der Waals surface area contributed by atoms with Gasteiger partial charge in [0.1, 0.15) is 12.4 Å². The highest BCUT2D eigenvalue weighted by molar-refractivity contribution is 9.10. The van der Waals surface area contributed by atoms with Crippen molar-refractivity contribution in [1.29, 1.82) is 0 Å². The average molecular weight is 287 g/mol. The fourth-order valence-corrected chi connectivity index (χ4v) is 1.46. The van der Waals surface area contributed by atoms with Crippen LogP contribution in [0.5, 0.6) is 5.75 Å². The molecule has 0 unspecified atom stereocenters. The number of hydrogen-bond donors (Lipinski definition) is 1. The van der Waals surface area contributed by atoms with Crippen molar-refractivity contribution in [2.45, 2.75) is 0 Å². The van der Waals surface area contributed by atoms with Crippen molar-refractivity contribution in [3.05, 3.63) is 28.7 Å². The lowest BCUT2D eigenvalue weighted by molar-refractivity contribution is -0.118. The van der Waals surface area contributed by atoms with Gasteiger partial charge in [0.25, 0.3) is 0 Å². The van der Waals surface area contributed by atoms with E-state index >= 15 is 0 Å². The zero-order chi connectivity index (χ0) is 12.0. The number of benzene rings is 1. The number of ether oxygens (including phenoxy) is 1. The van der Waals surface area contributed by atoms with E-state index < -0.39 is 0 Å². The third kappa shape index (κ3) is 5.14. The SMILES string of the molecule is CN(CCOc1ccc(Br)cc1)CC(N)=O. The molecule has 5 heteroatoms. The van der Waals surface area contributed by atoms with E-state index in [0.29, 0.717) is 13.2 Å². The Kier molecular flexibility index (Phi) is 5.28. The maximum atomic E-state index is 10.6. The number of nitrogens with two attached hydrogens (primary N) is 1. The molecule has 0 saturated carbocycles. The molecule has 0 aliphatic heterocycles. The topological polar surface area (TPSA) is 55.6 Å². The molecule has 1 aromatic carbocycles. The molecule has 1 rings (SSSR count). The Bertz CT molecular complexity index is 340. The average Bonchev–Trinajstić information content (AvgIpc) is 2.20. The van der Waals surface area contributed by atoms with E-state index in [4.69, 9.17) is 10.5 Å². The van der Waals surface area contributed by atoms with Crippen LogP contribution in [0.4, 0.5) is 0 Å². The second kappa shape index (κ2) is 6.50. The summed E-state index contributed by atoms with van der Waals surface area (Å²) in [5.74, 6) is 0.488. The van der Waals surface area contributed by atoms with Crippen LogP contribution in [0.25, 0.3) is 0 Å². The number of rotatable bonds is 6. The smallest absolute Gasteiger partial charge is 0.231 e. The number of carbonyl (C=O) groups is 1. The lowest BCUT2D eigenvalue weighted by atomic mass is 10.3. The standard InChI is InChI=1S/C11H15BrN2O2/c1-14(8-11(13)15)6-7-16-10-4-2-9(12)3-5-10/h2-5H,6-8H2,1H3,(H2,13,15). The Morgan fingerprint density at radius 2 is 2.06 bits per heavy atom. The van der Waals surface area contributed by atoms with Crippen molar-refractivity contribution in [3.8, 4) is 5.75 Å². The highest BCUT2D eigenvalue weighted by atomic mass is 79.9. The number of halogens is 1. The van der Waals surface area contributed by atoms with Gasteiger partial charge in [0.15, 0.2) is 0 Å². The van der Waals surface area contributed by atoms with Gasteiger partial charge in [-0.3, -0.25) is 9.69 Å². The van der Waals surface area contributed by atoms with Crippen molar-refractivity contribution in [2.75, 3.05) is 26.7 Å². The number of nitrogens with zero attached hydrogens (tertiary/aromatic N) is 1. The minimum atomic E-state index is -0.328. The van der Waals surface area contributed by atoms with Gasteiger partial charge < -0.3 is 10.5 Å². The van der Waals surface area contributed by atoms with Crippen LogP contribution < -0.4 is 10.5 Å². The zero-order valence-corrected chi connectivity index (χ0v) is 10.7. The minimum absolute atomic E-state index is 0.254. The molecule has 1 aromatic rings. The molecule has 16 heavy (non-hydrogen) atoms. The van der Waals surface area contributed by atoms with Crippen molar-refractivity contribution in [1.82, 2.24) is 4.90 Å². The van der Waals surface area contributed by atoms with Gasteiger partial charge in [-0.1, -0.05) is 15.9 Å². The molecule has 1 amide bonds. The zero-order valence-electron chi connectivity index (χ0n) is 9.15. The van der Waals surface area contributed by atoms with E-state index in [1.54, 1.807) is 0 Å². The van der Waals surface area contributed by atoms with Crippen LogP contribution in [-0.2, 0) is 4.79 Å². The summed E-state index contributed by atoms with van der Waals surface area (Å²) in [6, 6.07) is 7.61. The summed E-state index contributed by atoms with van der Waals surface area (Å²) < 4.78 is 6.52. The summed E-state index contributed by atoms with van der Waals surface area (Å²) in [7, 11) is 1.83. The maximum absolute atomic E-state index is 10.6. The van der Waals surface area contributed by atoms with Crippen LogP contribution in [0, 0.1) is 0 Å². The molecule has 0 heterocycles. The van der Waals surface area contributed by atoms with E-state index in [9.17, 15) is 4.79 Å². The molecule has 4 nitrogen and oxygen atoms in total. The molecule has 0 radical (unpaired) electrons. The molecule has 0 aliphatic rings. The highest BCUT2D eigenvalue weighted by Gasteiger charge is 2.02. The molecule has 0 fully saturated rings. The van der Waals surface area contributed by atoms with Gasteiger partial charge in [0, 0.05) is 11.0 Å². The number of amides is 1. The van der Waals surface area contributed by atoms with Gasteiger partial charge in [0.05, 0.1) is 6.54 Å². The Balaban J connectivity index is 2.25. The molecule has 0 atom stereocenters. The number of hydrogen-bond acceptors (Lipinski definition) is 3. The molecule has 88 valence electrons. The van der Waals surface area contributed by atoms with Crippen LogP contribution >= 0.6 is 15.9 Å². The fraction of sp³-hybridized carbons (Fsp3) is 0.364. The quantitative estimate of drug-likeness (QED) is 0.856. The first-order chi connectivity index (χ1) is 7.58. The van der Waals surface area contributed by atoms with E-state index in [-0.39, 0.29) is 12.5 Å². The Hall–Kier alpha value is -1.07. The molecule has 2 N–H and O–H groups in total. The maximum Gasteiger partial charge on any atom is 0.231 e. The van der Waals surface area contributed by atoms with Crippen LogP contribution in [0.1, 0.15) is 0 Å². The Morgan fingerprint density at radius 1 is 1.44 bits per heavy atom. The molecule has 0 aliphatic carbocycles. The Morgan fingerprint density at radius 3 is 2.62 bits per heavy atom. The van der Waals surface area contributed by atoms with Gasteiger partial charge in [-0.05, 0) is 31.3 Å². The molecular formula is C11H15BrN2O2.